The topological polar surface area (TPSA) is 112 Å². The number of aliphatic hydroxyl groups is 1. The summed E-state index contributed by atoms with van der Waals surface area (Å²) in [5.41, 5.74) is 5.68. The van der Waals surface area contributed by atoms with E-state index in [4.69, 9.17) is 14.2 Å². The molecular formula is C35H39N3O6S. The molecule has 1 aliphatic heterocycles. The van der Waals surface area contributed by atoms with Gasteiger partial charge in [0.25, 0.3) is 5.91 Å². The van der Waals surface area contributed by atoms with Crippen LogP contribution in [0.15, 0.2) is 90.3 Å². The molecule has 5 rings (SSSR count). The Morgan fingerprint density at radius 3 is 2.44 bits per heavy atom. The van der Waals surface area contributed by atoms with Crippen LogP contribution >= 0.6 is 11.8 Å². The van der Waals surface area contributed by atoms with E-state index in [9.17, 15) is 14.7 Å². The van der Waals surface area contributed by atoms with Gasteiger partial charge in [-0.2, -0.15) is 0 Å². The second-order valence-electron chi connectivity index (χ2n) is 11.2. The molecule has 2 N–H and O–H groups in total. The van der Waals surface area contributed by atoms with Gasteiger partial charge in [0.15, 0.2) is 17.6 Å². The van der Waals surface area contributed by atoms with Gasteiger partial charge in [-0.1, -0.05) is 79.3 Å². The van der Waals surface area contributed by atoms with Crippen LogP contribution in [0.25, 0.3) is 11.1 Å². The third-order valence-corrected chi connectivity index (χ3v) is 9.02. The number of hydrogen-bond acceptors (Lipinski definition) is 8. The van der Waals surface area contributed by atoms with E-state index in [1.165, 1.54) is 6.92 Å². The Morgan fingerprint density at radius 2 is 1.76 bits per heavy atom. The number of aliphatic hydroxyl groups excluding tert-OH is 1. The lowest BCUT2D eigenvalue weighted by Gasteiger charge is -2.41. The summed E-state index contributed by atoms with van der Waals surface area (Å²) in [4.78, 5) is 28.0. The molecule has 0 saturated carbocycles. The van der Waals surface area contributed by atoms with Crippen LogP contribution in [0.2, 0.25) is 0 Å². The van der Waals surface area contributed by atoms with Crippen molar-refractivity contribution in [1.82, 2.24) is 14.9 Å². The lowest BCUT2D eigenvalue weighted by atomic mass is 9.91. The molecule has 5 atom stereocenters. The Morgan fingerprint density at radius 1 is 1.02 bits per heavy atom. The predicted molar refractivity (Wildman–Crippen MR) is 172 cm³/mol. The van der Waals surface area contributed by atoms with Gasteiger partial charge >= 0.3 is 5.97 Å². The van der Waals surface area contributed by atoms with Gasteiger partial charge in [-0.15, -0.1) is 0 Å². The monoisotopic (exact) mass is 629 g/mol. The first-order chi connectivity index (χ1) is 21.7. The summed E-state index contributed by atoms with van der Waals surface area (Å²) in [6.45, 7) is 5.27. The molecule has 236 valence electrons. The fraction of sp³-hybridized carbons (Fsp3) is 0.343. The fourth-order valence-corrected chi connectivity index (χ4v) is 6.41. The number of amides is 1. The molecule has 0 radical (unpaired) electrons. The molecule has 10 heteroatoms. The van der Waals surface area contributed by atoms with E-state index in [0.717, 1.165) is 38.5 Å². The molecule has 1 fully saturated rings. The molecule has 2 heterocycles. The minimum Gasteiger partial charge on any atom is -0.453 e. The standard InChI is InChI=1S/C35H39N3O6S/c1-22-31(21-45-35-36-15-16-38(35)4)43-34(44-32(22)27-13-11-25(20-39)12-14-27)30-10-6-9-29(18-30)28-8-5-7-26(17-28)19-37-33(41)23(2)42-24(3)40/h5-18,22-23,31-32,34,39H,19-21H2,1-4H3,(H,37,41)/t22-,23-,31+,32+,34+/m0/s1. The van der Waals surface area contributed by atoms with Crippen molar-refractivity contribution in [2.75, 3.05) is 5.75 Å². The number of ether oxygens (including phenoxy) is 3. The molecule has 9 nitrogen and oxygen atoms in total. The zero-order valence-electron chi connectivity index (χ0n) is 25.9. The second kappa shape index (κ2) is 14.9. The molecular weight excluding hydrogens is 590 g/mol. The van der Waals surface area contributed by atoms with Crippen molar-refractivity contribution in [1.29, 1.82) is 0 Å². The zero-order valence-corrected chi connectivity index (χ0v) is 26.7. The molecule has 1 aliphatic rings. The summed E-state index contributed by atoms with van der Waals surface area (Å²) in [6.07, 6.45) is 1.95. The van der Waals surface area contributed by atoms with Crippen LogP contribution < -0.4 is 5.32 Å². The quantitative estimate of drug-likeness (QED) is 0.160. The van der Waals surface area contributed by atoms with Gasteiger partial charge in [0.2, 0.25) is 0 Å². The zero-order chi connectivity index (χ0) is 31.9. The lowest BCUT2D eigenvalue weighted by molar-refractivity contribution is -0.268. The van der Waals surface area contributed by atoms with E-state index in [1.807, 2.05) is 84.5 Å². The van der Waals surface area contributed by atoms with Crippen molar-refractivity contribution in [3.63, 3.8) is 0 Å². The Bertz CT molecular complexity index is 1610. The SMILES string of the molecule is CC(=O)O[C@@H](C)C(=O)NCc1cccc(-c2cccc([C@@H]3O[C@H](CSc4nccn4C)[C@H](C)[C@H](c4ccc(CO)cc4)O3)c2)c1. The molecule has 0 bridgehead atoms. The summed E-state index contributed by atoms with van der Waals surface area (Å²) < 4.78 is 20.3. The molecule has 0 spiro atoms. The van der Waals surface area contributed by atoms with Gasteiger partial charge in [0, 0.05) is 50.1 Å². The first-order valence-electron chi connectivity index (χ1n) is 15.0. The van der Waals surface area contributed by atoms with Crippen LogP contribution in [0.1, 0.15) is 55.4 Å². The molecule has 3 aromatic carbocycles. The number of nitrogens with one attached hydrogen (secondary N) is 1. The lowest BCUT2D eigenvalue weighted by Crippen LogP contribution is -2.38. The maximum Gasteiger partial charge on any atom is 0.303 e. The average Bonchev–Trinajstić information content (AvgIpc) is 3.47. The first kappa shape index (κ1) is 32.4. The third-order valence-electron chi connectivity index (χ3n) is 7.87. The van der Waals surface area contributed by atoms with E-state index in [1.54, 1.807) is 24.9 Å². The fourth-order valence-electron chi connectivity index (χ4n) is 5.32. The third kappa shape index (κ3) is 8.20. The molecule has 1 saturated heterocycles. The highest BCUT2D eigenvalue weighted by Gasteiger charge is 2.38. The Balaban J connectivity index is 1.36. The molecule has 0 unspecified atom stereocenters. The smallest absolute Gasteiger partial charge is 0.303 e. The minimum atomic E-state index is -0.858. The number of thioether (sulfide) groups is 1. The predicted octanol–water partition coefficient (Wildman–Crippen LogP) is 5.73. The molecule has 45 heavy (non-hydrogen) atoms. The van der Waals surface area contributed by atoms with Gasteiger partial charge < -0.3 is 29.2 Å². The van der Waals surface area contributed by atoms with Crippen LogP contribution in [0.3, 0.4) is 0 Å². The number of hydrogen-bond donors (Lipinski definition) is 2. The van der Waals surface area contributed by atoms with E-state index < -0.39 is 18.4 Å². The first-order valence-corrected chi connectivity index (χ1v) is 16.0. The van der Waals surface area contributed by atoms with Gasteiger partial charge in [0.1, 0.15) is 0 Å². The van der Waals surface area contributed by atoms with Crippen molar-refractivity contribution >= 4 is 23.6 Å². The van der Waals surface area contributed by atoms with Crippen molar-refractivity contribution < 1.29 is 28.9 Å². The van der Waals surface area contributed by atoms with Crippen LogP contribution in [-0.2, 0) is 44.0 Å². The molecule has 1 aromatic heterocycles. The number of carbonyl (C=O) groups excluding carboxylic acids is 2. The van der Waals surface area contributed by atoms with Crippen LogP contribution in [-0.4, -0.2) is 44.5 Å². The van der Waals surface area contributed by atoms with E-state index >= 15 is 0 Å². The summed E-state index contributed by atoms with van der Waals surface area (Å²) in [5, 5.41) is 13.3. The number of carbonyl (C=O) groups is 2. The van der Waals surface area contributed by atoms with E-state index in [-0.39, 0.29) is 30.6 Å². The normalized spacial score (nSPS) is 20.4. The molecule has 1 amide bonds. The average molecular weight is 630 g/mol. The number of esters is 1. The Labute approximate surface area is 267 Å². The van der Waals surface area contributed by atoms with Crippen LogP contribution in [0.5, 0.6) is 0 Å². The van der Waals surface area contributed by atoms with E-state index in [0.29, 0.717) is 12.3 Å². The van der Waals surface area contributed by atoms with E-state index in [2.05, 4.69) is 23.3 Å². The Hall–Kier alpha value is -3.96. The summed E-state index contributed by atoms with van der Waals surface area (Å²) in [7, 11) is 1.98. The molecule has 4 aromatic rings. The Kier molecular flexibility index (Phi) is 10.7. The highest BCUT2D eigenvalue weighted by molar-refractivity contribution is 7.99. The van der Waals surface area contributed by atoms with Crippen molar-refractivity contribution in [2.45, 2.75) is 63.7 Å². The van der Waals surface area contributed by atoms with Gasteiger partial charge in [-0.3, -0.25) is 9.59 Å². The summed E-state index contributed by atoms with van der Waals surface area (Å²) in [5.74, 6) is -0.0769. The van der Waals surface area contributed by atoms with Crippen molar-refractivity contribution in [3.05, 3.63) is 107 Å². The molecule has 0 aliphatic carbocycles. The van der Waals surface area contributed by atoms with Crippen LogP contribution in [0, 0.1) is 5.92 Å². The van der Waals surface area contributed by atoms with Crippen molar-refractivity contribution in [3.8, 4) is 11.1 Å². The largest absolute Gasteiger partial charge is 0.453 e. The number of benzene rings is 3. The van der Waals surface area contributed by atoms with Crippen LogP contribution in [0.4, 0.5) is 0 Å². The maximum atomic E-state index is 12.3. The van der Waals surface area contributed by atoms with Gasteiger partial charge in [-0.05, 0) is 46.9 Å². The minimum absolute atomic E-state index is 0.0101. The number of nitrogens with zero attached hydrogens (tertiary/aromatic N) is 2. The summed E-state index contributed by atoms with van der Waals surface area (Å²) in [6, 6.07) is 24.0. The van der Waals surface area contributed by atoms with Crippen molar-refractivity contribution in [2.24, 2.45) is 13.0 Å². The second-order valence-corrected chi connectivity index (χ2v) is 12.2. The maximum absolute atomic E-state index is 12.3. The van der Waals surface area contributed by atoms with Gasteiger partial charge in [0.05, 0.1) is 18.8 Å². The highest BCUT2D eigenvalue weighted by Crippen LogP contribution is 2.43. The van der Waals surface area contributed by atoms with Gasteiger partial charge in [-0.25, -0.2) is 4.98 Å². The number of imidazole rings is 1. The summed E-state index contributed by atoms with van der Waals surface area (Å²) >= 11 is 1.66. The number of aryl methyl sites for hydroxylation is 1. The number of aromatic nitrogens is 2. The highest BCUT2D eigenvalue weighted by atomic mass is 32.2. The number of rotatable bonds is 11.